The fraction of sp³-hybridized carbons (Fsp3) is 0.391. The molecule has 0 unspecified atom stereocenters. The second kappa shape index (κ2) is 9.36. The Morgan fingerprint density at radius 2 is 1.33 bits per heavy atom. The Hall–Kier alpha value is -2.62. The van der Waals surface area contributed by atoms with Gasteiger partial charge in [-0.15, -0.1) is 0 Å². The van der Waals surface area contributed by atoms with Crippen molar-refractivity contribution in [2.24, 2.45) is 0 Å². The van der Waals surface area contributed by atoms with Crippen LogP contribution in [0.1, 0.15) is 43.2 Å². The Kier molecular flexibility index (Phi) is 6.64. The van der Waals surface area contributed by atoms with E-state index in [9.17, 15) is 9.59 Å². The zero-order chi connectivity index (χ0) is 19.1. The Labute approximate surface area is 161 Å². The summed E-state index contributed by atoms with van der Waals surface area (Å²) >= 11 is 0. The highest BCUT2D eigenvalue weighted by Gasteiger charge is 2.29. The van der Waals surface area contributed by atoms with E-state index in [1.807, 2.05) is 77.4 Å². The Bertz CT molecular complexity index is 706. The van der Waals surface area contributed by atoms with E-state index in [1.165, 1.54) is 0 Å². The van der Waals surface area contributed by atoms with Gasteiger partial charge in [0.2, 0.25) is 11.8 Å². The highest BCUT2D eigenvalue weighted by molar-refractivity contribution is 5.87. The number of nitrogens with zero attached hydrogens (tertiary/aromatic N) is 2. The van der Waals surface area contributed by atoms with Crippen molar-refractivity contribution in [3.8, 4) is 0 Å². The molecule has 0 aliphatic carbocycles. The van der Waals surface area contributed by atoms with Crippen molar-refractivity contribution in [2.45, 2.75) is 32.1 Å². The minimum Gasteiger partial charge on any atom is -0.341 e. The van der Waals surface area contributed by atoms with Crippen LogP contribution >= 0.6 is 0 Å². The Balaban J connectivity index is 1.79. The normalized spacial score (nSPS) is 14.9. The first-order valence-corrected chi connectivity index (χ1v) is 9.87. The maximum absolute atomic E-state index is 13.5. The summed E-state index contributed by atoms with van der Waals surface area (Å²) in [5, 5.41) is 0. The van der Waals surface area contributed by atoms with Crippen LogP contribution in [-0.2, 0) is 9.59 Å². The molecule has 3 rings (SSSR count). The van der Waals surface area contributed by atoms with Gasteiger partial charge in [-0.3, -0.25) is 9.59 Å². The molecule has 1 heterocycles. The minimum absolute atomic E-state index is 0.122. The maximum Gasteiger partial charge on any atom is 0.234 e. The summed E-state index contributed by atoms with van der Waals surface area (Å²) in [5.74, 6) is 0.0250. The molecule has 0 bridgehead atoms. The quantitative estimate of drug-likeness (QED) is 0.812. The van der Waals surface area contributed by atoms with Crippen molar-refractivity contribution in [1.29, 1.82) is 0 Å². The monoisotopic (exact) mass is 364 g/mol. The van der Waals surface area contributed by atoms with E-state index < -0.39 is 0 Å². The number of carbonyl (C=O) groups excluding carboxylic acids is 2. The van der Waals surface area contributed by atoms with Gasteiger partial charge in [0.1, 0.15) is 0 Å². The van der Waals surface area contributed by atoms with Crippen LogP contribution in [-0.4, -0.2) is 47.8 Å². The van der Waals surface area contributed by atoms with Crippen molar-refractivity contribution < 1.29 is 9.59 Å². The largest absolute Gasteiger partial charge is 0.341 e. The van der Waals surface area contributed by atoms with Crippen LogP contribution in [0.3, 0.4) is 0 Å². The molecule has 0 spiro atoms. The second-order valence-electron chi connectivity index (χ2n) is 7.06. The first kappa shape index (κ1) is 19.2. The predicted octanol–water partition coefficient (Wildman–Crippen LogP) is 3.68. The fourth-order valence-electron chi connectivity index (χ4n) is 3.71. The number of carbonyl (C=O) groups is 2. The van der Waals surface area contributed by atoms with Crippen LogP contribution in [0.15, 0.2) is 60.7 Å². The van der Waals surface area contributed by atoms with E-state index in [2.05, 4.69) is 0 Å². The first-order chi connectivity index (χ1) is 13.2. The molecule has 0 radical (unpaired) electrons. The summed E-state index contributed by atoms with van der Waals surface area (Å²) < 4.78 is 0. The molecule has 142 valence electrons. The molecule has 4 nitrogen and oxygen atoms in total. The van der Waals surface area contributed by atoms with E-state index >= 15 is 0 Å². The summed E-state index contributed by atoms with van der Waals surface area (Å²) in [5.41, 5.74) is 2.02. The summed E-state index contributed by atoms with van der Waals surface area (Å²) in [7, 11) is 0. The van der Waals surface area contributed by atoms with Gasteiger partial charge in [0.25, 0.3) is 0 Å². The Morgan fingerprint density at radius 3 is 1.89 bits per heavy atom. The van der Waals surface area contributed by atoms with Crippen LogP contribution in [0.5, 0.6) is 0 Å². The molecule has 2 aromatic carbocycles. The standard InChI is InChI=1S/C23H28N2O2/c1-2-10-21(26)24-15-9-16-25(18-17-24)23(27)22(19-11-5-3-6-12-19)20-13-7-4-8-14-20/h3-8,11-14,22H,2,9-10,15-18H2,1H3. The third kappa shape index (κ3) is 4.76. The lowest BCUT2D eigenvalue weighted by Gasteiger charge is -2.27. The van der Waals surface area contributed by atoms with Gasteiger partial charge >= 0.3 is 0 Å². The topological polar surface area (TPSA) is 40.6 Å². The van der Waals surface area contributed by atoms with Crippen molar-refractivity contribution in [3.63, 3.8) is 0 Å². The van der Waals surface area contributed by atoms with Gasteiger partial charge in [0.05, 0.1) is 5.92 Å². The molecule has 0 aromatic heterocycles. The van der Waals surface area contributed by atoms with Crippen molar-refractivity contribution in [2.75, 3.05) is 26.2 Å². The summed E-state index contributed by atoms with van der Waals surface area (Å²) in [6, 6.07) is 19.9. The lowest BCUT2D eigenvalue weighted by Crippen LogP contribution is -2.39. The first-order valence-electron chi connectivity index (χ1n) is 9.87. The average Bonchev–Trinajstić information content (AvgIpc) is 2.96. The van der Waals surface area contributed by atoms with E-state index in [0.29, 0.717) is 26.1 Å². The third-order valence-corrected chi connectivity index (χ3v) is 5.14. The molecule has 2 amide bonds. The number of amides is 2. The van der Waals surface area contributed by atoms with Crippen molar-refractivity contribution in [3.05, 3.63) is 71.8 Å². The molecule has 0 saturated carbocycles. The van der Waals surface area contributed by atoms with Gasteiger partial charge in [0, 0.05) is 32.6 Å². The summed E-state index contributed by atoms with van der Waals surface area (Å²) in [4.78, 5) is 29.6. The number of rotatable bonds is 5. The van der Waals surface area contributed by atoms with Crippen LogP contribution in [0, 0.1) is 0 Å². The van der Waals surface area contributed by atoms with Gasteiger partial charge in [-0.25, -0.2) is 0 Å². The van der Waals surface area contributed by atoms with E-state index in [0.717, 1.165) is 30.5 Å². The molecule has 4 heteroatoms. The zero-order valence-corrected chi connectivity index (χ0v) is 16.0. The van der Waals surface area contributed by atoms with Crippen molar-refractivity contribution in [1.82, 2.24) is 9.80 Å². The summed E-state index contributed by atoms with van der Waals surface area (Å²) in [6.07, 6.45) is 2.28. The van der Waals surface area contributed by atoms with Gasteiger partial charge < -0.3 is 9.80 Å². The number of benzene rings is 2. The second-order valence-corrected chi connectivity index (χ2v) is 7.06. The molecule has 1 aliphatic rings. The molecule has 1 aliphatic heterocycles. The van der Waals surface area contributed by atoms with Crippen LogP contribution in [0.4, 0.5) is 0 Å². The molecular weight excluding hydrogens is 336 g/mol. The lowest BCUT2D eigenvalue weighted by molar-refractivity contribution is -0.133. The van der Waals surface area contributed by atoms with Crippen molar-refractivity contribution >= 4 is 11.8 Å². The van der Waals surface area contributed by atoms with Gasteiger partial charge in [-0.2, -0.15) is 0 Å². The Morgan fingerprint density at radius 1 is 0.815 bits per heavy atom. The van der Waals surface area contributed by atoms with Gasteiger partial charge in [-0.1, -0.05) is 67.6 Å². The minimum atomic E-state index is -0.301. The van der Waals surface area contributed by atoms with Gasteiger partial charge in [-0.05, 0) is 24.0 Å². The highest BCUT2D eigenvalue weighted by atomic mass is 16.2. The van der Waals surface area contributed by atoms with Crippen LogP contribution in [0.2, 0.25) is 0 Å². The third-order valence-electron chi connectivity index (χ3n) is 5.14. The fourth-order valence-corrected chi connectivity index (χ4v) is 3.71. The zero-order valence-electron chi connectivity index (χ0n) is 16.0. The smallest absolute Gasteiger partial charge is 0.234 e. The van der Waals surface area contributed by atoms with E-state index in [-0.39, 0.29) is 17.7 Å². The molecule has 27 heavy (non-hydrogen) atoms. The number of hydrogen-bond donors (Lipinski definition) is 0. The molecular formula is C23H28N2O2. The lowest BCUT2D eigenvalue weighted by atomic mass is 9.90. The molecule has 1 saturated heterocycles. The highest BCUT2D eigenvalue weighted by Crippen LogP contribution is 2.27. The molecule has 0 atom stereocenters. The molecule has 1 fully saturated rings. The maximum atomic E-state index is 13.5. The van der Waals surface area contributed by atoms with Gasteiger partial charge in [0.15, 0.2) is 0 Å². The van der Waals surface area contributed by atoms with Crippen LogP contribution < -0.4 is 0 Å². The van der Waals surface area contributed by atoms with E-state index in [1.54, 1.807) is 0 Å². The molecule has 0 N–H and O–H groups in total. The summed E-state index contributed by atoms with van der Waals surface area (Å²) in [6.45, 7) is 4.69. The van der Waals surface area contributed by atoms with Crippen LogP contribution in [0.25, 0.3) is 0 Å². The molecule has 2 aromatic rings. The number of hydrogen-bond acceptors (Lipinski definition) is 2. The van der Waals surface area contributed by atoms with E-state index in [4.69, 9.17) is 0 Å². The predicted molar refractivity (Wildman–Crippen MR) is 107 cm³/mol. The average molecular weight is 364 g/mol. The SMILES string of the molecule is CCCC(=O)N1CCCN(C(=O)C(c2ccccc2)c2ccccc2)CC1.